The molecule has 200 valence electrons. The van der Waals surface area contributed by atoms with Gasteiger partial charge in [0.2, 0.25) is 11.9 Å². The zero-order chi connectivity index (χ0) is 27.7. The summed E-state index contributed by atoms with van der Waals surface area (Å²) < 4.78 is 0. The second kappa shape index (κ2) is 13.0. The molecule has 1 aliphatic carbocycles. The third-order valence-corrected chi connectivity index (χ3v) is 7.33. The molecule has 0 radical (unpaired) electrons. The van der Waals surface area contributed by atoms with Crippen LogP contribution in [0.1, 0.15) is 34.0 Å². The molecule has 0 spiro atoms. The summed E-state index contributed by atoms with van der Waals surface area (Å²) >= 11 is 1.58. The number of hydrogen-bond acceptors (Lipinski definition) is 6. The normalized spacial score (nSPS) is 14.8. The number of thiophene rings is 1. The summed E-state index contributed by atoms with van der Waals surface area (Å²) in [7, 11) is 1.80. The molecule has 0 saturated carbocycles. The molecule has 7 heteroatoms. The zero-order valence-corrected chi connectivity index (χ0v) is 23.4. The van der Waals surface area contributed by atoms with Gasteiger partial charge in [-0.05, 0) is 71.8 Å². The fourth-order valence-corrected chi connectivity index (χ4v) is 5.31. The van der Waals surface area contributed by atoms with Crippen LogP contribution in [0.5, 0.6) is 0 Å². The van der Waals surface area contributed by atoms with Gasteiger partial charge in [0.25, 0.3) is 0 Å². The van der Waals surface area contributed by atoms with E-state index in [1.165, 1.54) is 5.57 Å². The Hall–Kier alpha value is -4.62. The molecule has 0 saturated heterocycles. The number of anilines is 3. The van der Waals surface area contributed by atoms with Crippen LogP contribution < -0.4 is 10.6 Å². The van der Waals surface area contributed by atoms with Crippen molar-refractivity contribution < 1.29 is 4.79 Å². The number of amides is 1. The highest BCUT2D eigenvalue weighted by atomic mass is 32.1. The predicted molar refractivity (Wildman–Crippen MR) is 166 cm³/mol. The molecule has 1 atom stereocenters. The van der Waals surface area contributed by atoms with Crippen molar-refractivity contribution >= 4 is 40.3 Å². The molecule has 2 aromatic carbocycles. The maximum Gasteiger partial charge on any atom is 0.229 e. The number of rotatable bonds is 9. The van der Waals surface area contributed by atoms with Crippen molar-refractivity contribution in [3.8, 4) is 0 Å². The Kier molecular flexibility index (Phi) is 8.73. The molecule has 2 heterocycles. The van der Waals surface area contributed by atoms with Crippen molar-refractivity contribution in [1.82, 2.24) is 9.97 Å². The van der Waals surface area contributed by atoms with Crippen LogP contribution in [-0.2, 0) is 11.2 Å². The van der Waals surface area contributed by atoms with Crippen molar-refractivity contribution in [3.63, 3.8) is 0 Å². The van der Waals surface area contributed by atoms with E-state index in [1.54, 1.807) is 24.6 Å². The number of hydrogen-bond donors (Lipinski definition) is 2. The van der Waals surface area contributed by atoms with E-state index in [9.17, 15) is 4.79 Å². The van der Waals surface area contributed by atoms with Crippen LogP contribution in [0.2, 0.25) is 0 Å². The van der Waals surface area contributed by atoms with Gasteiger partial charge in [-0.2, -0.15) is 0 Å². The van der Waals surface area contributed by atoms with Crippen LogP contribution in [0.4, 0.5) is 17.3 Å². The Balaban J connectivity index is 1.46. The highest BCUT2D eigenvalue weighted by Crippen LogP contribution is 2.28. The van der Waals surface area contributed by atoms with Crippen molar-refractivity contribution in [3.05, 3.63) is 136 Å². The molecule has 4 aromatic rings. The molecular formula is C33H31N5OS. The lowest BCUT2D eigenvalue weighted by molar-refractivity contribution is -0.115. The highest BCUT2D eigenvalue weighted by molar-refractivity contribution is 7.10. The molecule has 0 fully saturated rings. The van der Waals surface area contributed by atoms with Gasteiger partial charge in [-0.3, -0.25) is 9.79 Å². The van der Waals surface area contributed by atoms with Crippen molar-refractivity contribution in [1.29, 1.82) is 0 Å². The average molecular weight is 546 g/mol. The van der Waals surface area contributed by atoms with Crippen LogP contribution in [0.3, 0.4) is 0 Å². The van der Waals surface area contributed by atoms with Gasteiger partial charge >= 0.3 is 0 Å². The second-order valence-electron chi connectivity index (χ2n) is 9.50. The summed E-state index contributed by atoms with van der Waals surface area (Å²) in [6.45, 7) is 2.06. The first kappa shape index (κ1) is 27.0. The van der Waals surface area contributed by atoms with Crippen LogP contribution in [0, 0.1) is 6.92 Å². The summed E-state index contributed by atoms with van der Waals surface area (Å²) in [5.74, 6) is 0.250. The highest BCUT2D eigenvalue weighted by Gasteiger charge is 2.21. The first-order valence-corrected chi connectivity index (χ1v) is 14.1. The quantitative estimate of drug-likeness (QED) is 0.215. The zero-order valence-electron chi connectivity index (χ0n) is 22.5. The van der Waals surface area contributed by atoms with Gasteiger partial charge in [0.15, 0.2) is 0 Å². The fourth-order valence-electron chi connectivity index (χ4n) is 4.61. The van der Waals surface area contributed by atoms with Crippen molar-refractivity contribution in [2.24, 2.45) is 4.99 Å². The second-order valence-corrected chi connectivity index (χ2v) is 10.5. The third-order valence-electron chi connectivity index (χ3n) is 6.45. The van der Waals surface area contributed by atoms with Gasteiger partial charge in [0, 0.05) is 29.5 Å². The standard InChI is InChI=1S/C33H31N5OS/c1-23-9-6-13-26(19-23)37-33-35-17-16-30(38-33)29(20-24-10-4-3-5-11-24)32(34-2)25-12-7-14-27(21-25)36-31(39)22-28-15-8-18-40-28/h3-10,12-21,29H,11,22H2,1-2H3,(H,36,39)(H,35,37,38). The molecule has 40 heavy (non-hydrogen) atoms. The van der Waals surface area contributed by atoms with Crippen LogP contribution in [0.25, 0.3) is 0 Å². The summed E-state index contributed by atoms with van der Waals surface area (Å²) in [5.41, 5.74) is 6.60. The molecule has 0 bridgehead atoms. The molecular weight excluding hydrogens is 514 g/mol. The lowest BCUT2D eigenvalue weighted by Gasteiger charge is -2.19. The van der Waals surface area contributed by atoms with Gasteiger partial charge in [-0.15, -0.1) is 11.3 Å². The number of nitrogens with one attached hydrogen (secondary N) is 2. The van der Waals surface area contributed by atoms with E-state index in [-0.39, 0.29) is 11.8 Å². The summed E-state index contributed by atoms with van der Waals surface area (Å²) in [5, 5.41) is 8.36. The van der Waals surface area contributed by atoms with Crippen LogP contribution in [-0.4, -0.2) is 28.6 Å². The smallest absolute Gasteiger partial charge is 0.229 e. The van der Waals surface area contributed by atoms with E-state index in [2.05, 4.69) is 59.0 Å². The van der Waals surface area contributed by atoms with E-state index in [0.29, 0.717) is 12.4 Å². The van der Waals surface area contributed by atoms with Crippen molar-refractivity contribution in [2.75, 3.05) is 17.7 Å². The number of aryl methyl sites for hydroxylation is 1. The third kappa shape index (κ3) is 7.07. The van der Waals surface area contributed by atoms with Gasteiger partial charge < -0.3 is 10.6 Å². The Morgan fingerprint density at radius 1 is 1.07 bits per heavy atom. The Morgan fingerprint density at radius 2 is 1.95 bits per heavy atom. The van der Waals surface area contributed by atoms with Gasteiger partial charge in [-0.1, -0.05) is 60.7 Å². The first-order valence-electron chi connectivity index (χ1n) is 13.2. The summed E-state index contributed by atoms with van der Waals surface area (Å²) in [6, 6.07) is 21.8. The van der Waals surface area contributed by atoms with E-state index < -0.39 is 0 Å². The molecule has 1 unspecified atom stereocenters. The minimum absolute atomic E-state index is 0.0462. The SMILES string of the molecule is CN=C(c1cccc(NC(=O)Cc2cccs2)c1)C(C=C1C=CC=CC1)c1ccnc(Nc2cccc(C)c2)n1. The number of carbonyl (C=O) groups excluding carboxylic acids is 1. The number of allylic oxidation sites excluding steroid dienone is 6. The predicted octanol–water partition coefficient (Wildman–Crippen LogP) is 7.42. The van der Waals surface area contributed by atoms with E-state index in [1.807, 2.05) is 66.1 Å². The number of carbonyl (C=O) groups is 1. The van der Waals surface area contributed by atoms with E-state index in [0.717, 1.165) is 45.2 Å². The maximum absolute atomic E-state index is 12.7. The molecule has 1 amide bonds. The monoisotopic (exact) mass is 545 g/mol. The number of nitrogens with zero attached hydrogens (tertiary/aromatic N) is 3. The number of aromatic nitrogens is 2. The van der Waals surface area contributed by atoms with Gasteiger partial charge in [0.05, 0.1) is 23.7 Å². The van der Waals surface area contributed by atoms with Crippen LogP contribution >= 0.6 is 11.3 Å². The molecule has 2 N–H and O–H groups in total. The first-order chi connectivity index (χ1) is 19.6. The lowest BCUT2D eigenvalue weighted by atomic mass is 9.89. The van der Waals surface area contributed by atoms with Crippen molar-refractivity contribution in [2.45, 2.75) is 25.7 Å². The van der Waals surface area contributed by atoms with E-state index >= 15 is 0 Å². The molecule has 6 nitrogen and oxygen atoms in total. The Labute approximate surface area is 239 Å². The van der Waals surface area contributed by atoms with Gasteiger partial charge in [-0.25, -0.2) is 9.97 Å². The van der Waals surface area contributed by atoms with Crippen LogP contribution in [0.15, 0.2) is 119 Å². The molecule has 5 rings (SSSR count). The van der Waals surface area contributed by atoms with Gasteiger partial charge in [0.1, 0.15) is 0 Å². The Morgan fingerprint density at radius 3 is 2.73 bits per heavy atom. The summed E-state index contributed by atoms with van der Waals surface area (Å²) in [4.78, 5) is 27.8. The molecule has 1 aliphatic rings. The minimum Gasteiger partial charge on any atom is -0.326 e. The largest absolute Gasteiger partial charge is 0.326 e. The Bertz CT molecular complexity index is 1600. The number of benzene rings is 2. The average Bonchev–Trinajstić information content (AvgIpc) is 3.47. The molecule has 0 aliphatic heterocycles. The minimum atomic E-state index is -0.228. The maximum atomic E-state index is 12.7. The van der Waals surface area contributed by atoms with E-state index in [4.69, 9.17) is 9.98 Å². The lowest BCUT2D eigenvalue weighted by Crippen LogP contribution is -2.17. The number of aliphatic imine (C=N–C) groups is 1. The topological polar surface area (TPSA) is 79.3 Å². The summed E-state index contributed by atoms with van der Waals surface area (Å²) in [6.07, 6.45) is 13.5. The fraction of sp³-hybridized carbons (Fsp3) is 0.152. The molecule has 2 aromatic heterocycles.